The molecule has 0 radical (unpaired) electrons. The Hall–Kier alpha value is -2.93. The van der Waals surface area contributed by atoms with E-state index in [0.29, 0.717) is 6.42 Å². The zero-order valence-corrected chi connectivity index (χ0v) is 19.1. The molecule has 0 aliphatic heterocycles. The Morgan fingerprint density at radius 2 is 1.78 bits per heavy atom. The van der Waals surface area contributed by atoms with Crippen LogP contribution >= 0.6 is 0 Å². The number of aliphatic hydroxyl groups is 1. The summed E-state index contributed by atoms with van der Waals surface area (Å²) >= 11 is 0. The first-order valence-electron chi connectivity index (χ1n) is 10.7. The molecule has 0 aliphatic rings. The minimum Gasteiger partial charge on any atom is -0.466 e. The monoisotopic (exact) mass is 445 g/mol. The third-order valence-corrected chi connectivity index (χ3v) is 4.72. The average molecular weight is 446 g/mol. The summed E-state index contributed by atoms with van der Waals surface area (Å²) in [6, 6.07) is 13.4. The fourth-order valence-corrected chi connectivity index (χ4v) is 3.30. The zero-order valence-electron chi connectivity index (χ0n) is 19.1. The maximum absolute atomic E-state index is 13.5. The molecule has 2 N–H and O–H groups in total. The summed E-state index contributed by atoms with van der Waals surface area (Å²) < 4.78 is 23.9. The zero-order chi connectivity index (χ0) is 23.7. The van der Waals surface area contributed by atoms with Gasteiger partial charge in [-0.3, -0.25) is 4.79 Å². The van der Waals surface area contributed by atoms with Crippen molar-refractivity contribution in [3.8, 4) is 11.1 Å². The Balaban J connectivity index is 2.17. The summed E-state index contributed by atoms with van der Waals surface area (Å²) in [6.07, 6.45) is 0.0122. The highest BCUT2D eigenvalue weighted by Crippen LogP contribution is 2.22. The van der Waals surface area contributed by atoms with Gasteiger partial charge in [0, 0.05) is 6.04 Å². The summed E-state index contributed by atoms with van der Waals surface area (Å²) in [5, 5.41) is 12.5. The van der Waals surface area contributed by atoms with Crippen molar-refractivity contribution in [2.45, 2.75) is 52.2 Å². The van der Waals surface area contributed by atoms with Crippen LogP contribution in [-0.4, -0.2) is 42.0 Å². The summed E-state index contributed by atoms with van der Waals surface area (Å²) in [5.41, 5.74) is 1.87. The van der Waals surface area contributed by atoms with Gasteiger partial charge in [0.05, 0.1) is 19.1 Å². The van der Waals surface area contributed by atoms with Crippen LogP contribution in [0, 0.1) is 11.7 Å². The van der Waals surface area contributed by atoms with Crippen LogP contribution in [0.25, 0.3) is 11.1 Å². The molecule has 2 aromatic rings. The largest absolute Gasteiger partial charge is 0.466 e. The number of amides is 1. The molecule has 0 saturated heterocycles. The molecule has 0 fully saturated rings. The first-order chi connectivity index (χ1) is 15.1. The van der Waals surface area contributed by atoms with Gasteiger partial charge in [0.15, 0.2) is 0 Å². The Bertz CT molecular complexity index is 892. The second-order valence-corrected chi connectivity index (χ2v) is 8.62. The first kappa shape index (κ1) is 25.3. The number of esters is 1. The number of ether oxygens (including phenoxy) is 2. The molecule has 1 amide bonds. The SMILES string of the molecule is CCOC(=O)C(CO)CC(Cc1ccc(-c2cccc(F)c2)cc1)NC(=O)OC(C)(C)C. The van der Waals surface area contributed by atoms with E-state index in [-0.39, 0.29) is 25.5 Å². The summed E-state index contributed by atoms with van der Waals surface area (Å²) in [6.45, 7) is 6.82. The van der Waals surface area contributed by atoms with E-state index in [4.69, 9.17) is 9.47 Å². The molecule has 32 heavy (non-hydrogen) atoms. The van der Waals surface area contributed by atoms with E-state index < -0.39 is 29.6 Å². The van der Waals surface area contributed by atoms with Crippen LogP contribution in [0.15, 0.2) is 48.5 Å². The lowest BCUT2D eigenvalue weighted by Gasteiger charge is -2.25. The minimum atomic E-state index is -0.763. The lowest BCUT2D eigenvalue weighted by Crippen LogP contribution is -2.42. The maximum Gasteiger partial charge on any atom is 0.407 e. The summed E-state index contributed by atoms with van der Waals surface area (Å²) in [4.78, 5) is 24.5. The number of carbonyl (C=O) groups excluding carboxylic acids is 2. The summed E-state index contributed by atoms with van der Waals surface area (Å²) in [7, 11) is 0. The van der Waals surface area contributed by atoms with E-state index in [1.54, 1.807) is 33.8 Å². The molecule has 2 aromatic carbocycles. The van der Waals surface area contributed by atoms with Crippen molar-refractivity contribution in [1.82, 2.24) is 5.32 Å². The van der Waals surface area contributed by atoms with Crippen LogP contribution in [0.4, 0.5) is 9.18 Å². The highest BCUT2D eigenvalue weighted by Gasteiger charge is 2.26. The third kappa shape index (κ3) is 8.30. The molecule has 2 atom stereocenters. The van der Waals surface area contributed by atoms with Crippen LogP contribution in [0.1, 0.15) is 39.7 Å². The number of rotatable bonds is 9. The molecule has 0 saturated carbocycles. The second kappa shape index (κ2) is 11.6. The molecule has 0 heterocycles. The molecule has 2 unspecified atom stereocenters. The molecule has 174 valence electrons. The fraction of sp³-hybridized carbons (Fsp3) is 0.440. The predicted octanol–water partition coefficient (Wildman–Crippen LogP) is 4.49. The molecule has 6 nitrogen and oxygen atoms in total. The first-order valence-corrected chi connectivity index (χ1v) is 10.7. The molecule has 7 heteroatoms. The van der Waals surface area contributed by atoms with Crippen LogP contribution < -0.4 is 5.32 Å². The molecule has 0 spiro atoms. The highest BCUT2D eigenvalue weighted by molar-refractivity contribution is 5.73. The molecular weight excluding hydrogens is 413 g/mol. The summed E-state index contributed by atoms with van der Waals surface area (Å²) in [5.74, 6) is -1.57. The van der Waals surface area contributed by atoms with Gasteiger partial charge in [0.1, 0.15) is 11.4 Å². The van der Waals surface area contributed by atoms with Crippen LogP contribution in [0.2, 0.25) is 0 Å². The van der Waals surface area contributed by atoms with Crippen molar-refractivity contribution in [1.29, 1.82) is 0 Å². The van der Waals surface area contributed by atoms with Gasteiger partial charge in [-0.15, -0.1) is 0 Å². The minimum absolute atomic E-state index is 0.195. The second-order valence-electron chi connectivity index (χ2n) is 8.62. The van der Waals surface area contributed by atoms with Crippen LogP contribution in [0.3, 0.4) is 0 Å². The van der Waals surface area contributed by atoms with Crippen molar-refractivity contribution in [3.63, 3.8) is 0 Å². The lowest BCUT2D eigenvalue weighted by atomic mass is 9.94. The van der Waals surface area contributed by atoms with Gasteiger partial charge in [0.25, 0.3) is 0 Å². The van der Waals surface area contributed by atoms with E-state index in [1.807, 2.05) is 30.3 Å². The van der Waals surface area contributed by atoms with Gasteiger partial charge in [-0.1, -0.05) is 36.4 Å². The molecule has 0 aromatic heterocycles. The number of carbonyl (C=O) groups is 2. The molecular formula is C25H32FNO5. The third-order valence-electron chi connectivity index (χ3n) is 4.72. The van der Waals surface area contributed by atoms with E-state index in [1.165, 1.54) is 12.1 Å². The number of halogens is 1. The van der Waals surface area contributed by atoms with Crippen LogP contribution in [0.5, 0.6) is 0 Å². The van der Waals surface area contributed by atoms with Crippen molar-refractivity contribution in [3.05, 3.63) is 59.9 Å². The van der Waals surface area contributed by atoms with Crippen molar-refractivity contribution in [2.24, 2.45) is 5.92 Å². The van der Waals surface area contributed by atoms with Gasteiger partial charge in [0.2, 0.25) is 0 Å². The van der Waals surface area contributed by atoms with Crippen molar-refractivity contribution >= 4 is 12.1 Å². The van der Waals surface area contributed by atoms with Crippen molar-refractivity contribution < 1.29 is 28.6 Å². The van der Waals surface area contributed by atoms with Gasteiger partial charge < -0.3 is 19.9 Å². The van der Waals surface area contributed by atoms with E-state index in [0.717, 1.165) is 16.7 Å². The maximum atomic E-state index is 13.5. The number of alkyl carbamates (subject to hydrolysis) is 1. The predicted molar refractivity (Wildman–Crippen MR) is 121 cm³/mol. The van der Waals surface area contributed by atoms with Crippen LogP contribution in [-0.2, 0) is 20.7 Å². The van der Waals surface area contributed by atoms with Gasteiger partial charge in [-0.05, 0) is 69.4 Å². The van der Waals surface area contributed by atoms with Gasteiger partial charge >= 0.3 is 12.1 Å². The number of aliphatic hydroxyl groups excluding tert-OH is 1. The van der Waals surface area contributed by atoms with E-state index in [2.05, 4.69) is 5.32 Å². The Morgan fingerprint density at radius 3 is 2.34 bits per heavy atom. The Morgan fingerprint density at radius 1 is 1.09 bits per heavy atom. The fourth-order valence-electron chi connectivity index (χ4n) is 3.30. The topological polar surface area (TPSA) is 84.9 Å². The number of benzene rings is 2. The molecule has 0 aliphatic carbocycles. The van der Waals surface area contributed by atoms with E-state index >= 15 is 0 Å². The highest BCUT2D eigenvalue weighted by atomic mass is 19.1. The number of nitrogens with one attached hydrogen (secondary N) is 1. The Kier molecular flexibility index (Phi) is 9.20. The standard InChI is InChI=1S/C25H32FNO5/c1-5-31-23(29)20(16-28)15-22(27-24(30)32-25(2,3)4)13-17-9-11-18(12-10-17)19-7-6-8-21(26)14-19/h6-12,14,20,22,28H,5,13,15-16H2,1-4H3,(H,27,30). The quantitative estimate of drug-likeness (QED) is 0.556. The molecule has 2 rings (SSSR count). The van der Waals surface area contributed by atoms with Gasteiger partial charge in [-0.25, -0.2) is 9.18 Å². The van der Waals surface area contributed by atoms with E-state index in [9.17, 15) is 19.1 Å². The lowest BCUT2D eigenvalue weighted by molar-refractivity contribution is -0.149. The number of hydrogen-bond acceptors (Lipinski definition) is 5. The van der Waals surface area contributed by atoms with Gasteiger partial charge in [-0.2, -0.15) is 0 Å². The van der Waals surface area contributed by atoms with Crippen molar-refractivity contribution in [2.75, 3.05) is 13.2 Å². The smallest absolute Gasteiger partial charge is 0.407 e. The normalized spacial score (nSPS) is 13.2. The number of hydrogen-bond donors (Lipinski definition) is 2. The average Bonchev–Trinajstić information content (AvgIpc) is 2.71. The molecule has 0 bridgehead atoms. The Labute approximate surface area is 188 Å².